The second-order valence-electron chi connectivity index (χ2n) is 10.5. The fourth-order valence-corrected chi connectivity index (χ4v) is 4.46. The van der Waals surface area contributed by atoms with Gasteiger partial charge in [0.1, 0.15) is 11.5 Å². The van der Waals surface area contributed by atoms with Gasteiger partial charge in [-0.25, -0.2) is 9.79 Å². The Morgan fingerprint density at radius 3 is 1.93 bits per heavy atom. The van der Waals surface area contributed by atoms with E-state index in [1.165, 1.54) is 0 Å². The van der Waals surface area contributed by atoms with Gasteiger partial charge in [0.2, 0.25) is 6.35 Å². The zero-order valence-electron chi connectivity index (χ0n) is 24.3. The standard InChI is InChI=1S/C30H42N4O6/c1-7-8-17-39-29-32-27(26(40-28(31)36)25(20-35)34(29)30(2,3)4)33(18-21-9-13-23(37-5)14-10-21)19-22-11-15-24(38-6)16-12-22/h9-16,29,35H,7-8,17-20H2,1-6H3,(H2,31,36). The molecule has 0 aliphatic carbocycles. The van der Waals surface area contributed by atoms with E-state index in [9.17, 15) is 9.90 Å². The van der Waals surface area contributed by atoms with Crippen molar-refractivity contribution in [3.8, 4) is 11.5 Å². The predicted octanol–water partition coefficient (Wildman–Crippen LogP) is 4.62. The lowest BCUT2D eigenvalue weighted by atomic mass is 10.0. The second kappa shape index (κ2) is 14.0. The van der Waals surface area contributed by atoms with Crippen LogP contribution < -0.4 is 15.2 Å². The number of nitrogens with two attached hydrogens (primary N) is 1. The van der Waals surface area contributed by atoms with E-state index in [2.05, 4.69) is 6.92 Å². The number of methoxy groups -OCH3 is 2. The maximum absolute atomic E-state index is 12.1. The molecule has 2 aromatic carbocycles. The first-order valence-electron chi connectivity index (χ1n) is 13.4. The van der Waals surface area contributed by atoms with E-state index in [1.54, 1.807) is 14.2 Å². The molecule has 0 bridgehead atoms. The molecule has 0 spiro atoms. The number of primary amides is 1. The average molecular weight is 555 g/mol. The van der Waals surface area contributed by atoms with Gasteiger partial charge in [-0.15, -0.1) is 0 Å². The van der Waals surface area contributed by atoms with Crippen LogP contribution in [-0.4, -0.2) is 66.2 Å². The molecule has 2 aromatic rings. The summed E-state index contributed by atoms with van der Waals surface area (Å²) in [5, 5.41) is 10.6. The molecule has 218 valence electrons. The van der Waals surface area contributed by atoms with Crippen molar-refractivity contribution >= 4 is 11.9 Å². The van der Waals surface area contributed by atoms with E-state index in [0.29, 0.717) is 31.2 Å². The topological polar surface area (TPSA) is 119 Å². The van der Waals surface area contributed by atoms with Crippen LogP contribution in [0.4, 0.5) is 4.79 Å². The van der Waals surface area contributed by atoms with Gasteiger partial charge in [-0.05, 0) is 62.6 Å². The SMILES string of the molecule is CCCCOC1N=C(N(Cc2ccc(OC)cc2)Cc2ccc(OC)cc2)C(OC(N)=O)=C(CO)N1C(C)(C)C. The first-order valence-corrected chi connectivity index (χ1v) is 13.4. The Kier molecular flexibility index (Phi) is 10.8. The summed E-state index contributed by atoms with van der Waals surface area (Å²) in [6.07, 6.45) is 0.0576. The zero-order chi connectivity index (χ0) is 29.3. The summed E-state index contributed by atoms with van der Waals surface area (Å²) < 4.78 is 22.5. The minimum Gasteiger partial charge on any atom is -0.497 e. The van der Waals surface area contributed by atoms with Gasteiger partial charge in [-0.1, -0.05) is 37.6 Å². The molecule has 10 nitrogen and oxygen atoms in total. The summed E-state index contributed by atoms with van der Waals surface area (Å²) >= 11 is 0. The Labute approximate surface area is 237 Å². The number of carbonyl (C=O) groups excluding carboxylic acids is 1. The number of unbranched alkanes of at least 4 members (excludes halogenated alkanes) is 1. The maximum Gasteiger partial charge on any atom is 0.410 e. The summed E-state index contributed by atoms with van der Waals surface area (Å²) in [5.41, 5.74) is 7.33. The molecule has 1 atom stereocenters. The number of carbonyl (C=O) groups is 1. The van der Waals surface area contributed by atoms with Crippen LogP contribution in [0, 0.1) is 0 Å². The summed E-state index contributed by atoms with van der Waals surface area (Å²) in [6.45, 7) is 8.92. The lowest BCUT2D eigenvalue weighted by Crippen LogP contribution is -2.53. The van der Waals surface area contributed by atoms with Crippen LogP contribution >= 0.6 is 0 Å². The number of aliphatic imine (C=N–C) groups is 1. The van der Waals surface area contributed by atoms with Crippen molar-refractivity contribution < 1.29 is 28.8 Å². The number of rotatable bonds is 12. The lowest BCUT2D eigenvalue weighted by Gasteiger charge is -2.46. The van der Waals surface area contributed by atoms with Crippen molar-refractivity contribution in [2.24, 2.45) is 10.7 Å². The molecule has 0 radical (unpaired) electrons. The molecule has 0 aromatic heterocycles. The van der Waals surface area contributed by atoms with Gasteiger partial charge >= 0.3 is 6.09 Å². The summed E-state index contributed by atoms with van der Waals surface area (Å²) in [4.78, 5) is 20.9. The average Bonchev–Trinajstić information content (AvgIpc) is 2.93. The number of aliphatic hydroxyl groups excluding tert-OH is 1. The minimum atomic E-state index is -0.998. The van der Waals surface area contributed by atoms with Gasteiger partial charge in [-0.2, -0.15) is 0 Å². The predicted molar refractivity (Wildman–Crippen MR) is 154 cm³/mol. The van der Waals surface area contributed by atoms with Crippen LogP contribution in [0.15, 0.2) is 65.0 Å². The Bertz CT molecular complexity index is 1120. The molecule has 10 heteroatoms. The molecule has 0 fully saturated rings. The number of ether oxygens (including phenoxy) is 4. The molecular weight excluding hydrogens is 512 g/mol. The van der Waals surface area contributed by atoms with Gasteiger partial charge < -0.3 is 39.6 Å². The monoisotopic (exact) mass is 554 g/mol. The molecule has 3 rings (SSSR count). The van der Waals surface area contributed by atoms with Crippen LogP contribution in [0.5, 0.6) is 11.5 Å². The molecule has 3 N–H and O–H groups in total. The van der Waals surface area contributed by atoms with E-state index < -0.39 is 24.6 Å². The van der Waals surface area contributed by atoms with Gasteiger partial charge in [0.25, 0.3) is 0 Å². The van der Waals surface area contributed by atoms with Gasteiger partial charge in [0, 0.05) is 18.6 Å². The number of aliphatic hydroxyl groups is 1. The molecule has 1 amide bonds. The molecule has 1 unspecified atom stereocenters. The van der Waals surface area contributed by atoms with Gasteiger partial charge in [0.15, 0.2) is 11.6 Å². The van der Waals surface area contributed by atoms with Crippen molar-refractivity contribution in [3.63, 3.8) is 0 Å². The second-order valence-corrected chi connectivity index (χ2v) is 10.5. The van der Waals surface area contributed by atoms with Crippen molar-refractivity contribution in [2.75, 3.05) is 27.4 Å². The highest BCUT2D eigenvalue weighted by Crippen LogP contribution is 2.33. The molecule has 0 saturated heterocycles. The van der Waals surface area contributed by atoms with Crippen molar-refractivity contribution in [1.29, 1.82) is 0 Å². The van der Waals surface area contributed by atoms with Crippen LogP contribution in [0.25, 0.3) is 0 Å². The Morgan fingerprint density at radius 2 is 1.52 bits per heavy atom. The molecule has 1 heterocycles. The Balaban J connectivity index is 2.15. The van der Waals surface area contributed by atoms with Crippen LogP contribution in [-0.2, 0) is 22.6 Å². The number of hydrogen-bond acceptors (Lipinski definition) is 9. The quantitative estimate of drug-likeness (QED) is 0.365. The highest BCUT2D eigenvalue weighted by atomic mass is 16.6. The third kappa shape index (κ3) is 7.89. The fourth-order valence-electron chi connectivity index (χ4n) is 4.46. The van der Waals surface area contributed by atoms with Crippen molar-refractivity contribution in [3.05, 3.63) is 71.1 Å². The minimum absolute atomic E-state index is 0.0993. The molecular formula is C30H42N4O6. The molecule has 1 aliphatic heterocycles. The number of hydrogen-bond donors (Lipinski definition) is 2. The van der Waals surface area contributed by atoms with Crippen molar-refractivity contribution in [2.45, 2.75) is 65.5 Å². The lowest BCUT2D eigenvalue weighted by molar-refractivity contribution is -0.0832. The summed E-state index contributed by atoms with van der Waals surface area (Å²) in [5.74, 6) is 1.94. The number of amides is 1. The van der Waals surface area contributed by atoms with Crippen LogP contribution in [0.3, 0.4) is 0 Å². The normalized spacial score (nSPS) is 15.5. The van der Waals surface area contributed by atoms with Gasteiger partial charge in [0.05, 0.1) is 33.1 Å². The van der Waals surface area contributed by atoms with E-state index in [0.717, 1.165) is 35.5 Å². The Hall–Kier alpha value is -3.76. The molecule has 0 saturated carbocycles. The van der Waals surface area contributed by atoms with E-state index in [-0.39, 0.29) is 5.76 Å². The van der Waals surface area contributed by atoms with E-state index in [1.807, 2.05) is 79.1 Å². The third-order valence-corrected chi connectivity index (χ3v) is 6.41. The van der Waals surface area contributed by atoms with Gasteiger partial charge in [-0.3, -0.25) is 0 Å². The highest BCUT2D eigenvalue weighted by molar-refractivity contribution is 5.99. The van der Waals surface area contributed by atoms with E-state index in [4.69, 9.17) is 29.7 Å². The number of benzene rings is 2. The summed E-state index contributed by atoms with van der Waals surface area (Å²) in [7, 11) is 3.24. The number of amidine groups is 1. The summed E-state index contributed by atoms with van der Waals surface area (Å²) in [6, 6.07) is 15.4. The smallest absolute Gasteiger partial charge is 0.410 e. The maximum atomic E-state index is 12.1. The van der Waals surface area contributed by atoms with Crippen LogP contribution in [0.2, 0.25) is 0 Å². The highest BCUT2D eigenvalue weighted by Gasteiger charge is 2.40. The first-order chi connectivity index (χ1) is 19.1. The number of nitrogens with zero attached hydrogens (tertiary/aromatic N) is 3. The fraction of sp³-hybridized carbons (Fsp3) is 0.467. The van der Waals surface area contributed by atoms with E-state index >= 15 is 0 Å². The third-order valence-electron chi connectivity index (χ3n) is 6.41. The van der Waals surface area contributed by atoms with Crippen LogP contribution in [0.1, 0.15) is 51.7 Å². The Morgan fingerprint density at radius 1 is 1.00 bits per heavy atom. The molecule has 1 aliphatic rings. The first kappa shape index (κ1) is 30.8. The van der Waals surface area contributed by atoms with Crippen molar-refractivity contribution in [1.82, 2.24) is 9.80 Å². The molecule has 40 heavy (non-hydrogen) atoms. The largest absolute Gasteiger partial charge is 0.497 e. The zero-order valence-corrected chi connectivity index (χ0v) is 24.3.